The van der Waals surface area contributed by atoms with E-state index in [9.17, 15) is 13.5 Å². The Bertz CT molecular complexity index is 556. The molecule has 2 N–H and O–H groups in total. The first-order valence-corrected chi connectivity index (χ1v) is 7.76. The third-order valence-electron chi connectivity index (χ3n) is 3.48. The zero-order chi connectivity index (χ0) is 14.0. The quantitative estimate of drug-likeness (QED) is 0.863. The Morgan fingerprint density at radius 1 is 1.47 bits per heavy atom. The van der Waals surface area contributed by atoms with Gasteiger partial charge in [-0.05, 0) is 43.5 Å². The van der Waals surface area contributed by atoms with Gasteiger partial charge in [-0.15, -0.1) is 0 Å². The van der Waals surface area contributed by atoms with E-state index in [0.29, 0.717) is 18.6 Å². The van der Waals surface area contributed by atoms with E-state index in [1.54, 1.807) is 12.1 Å². The van der Waals surface area contributed by atoms with Crippen LogP contribution < -0.4 is 4.72 Å². The Labute approximate surface area is 113 Å². The van der Waals surface area contributed by atoms with E-state index < -0.39 is 10.0 Å². The van der Waals surface area contributed by atoms with Crippen molar-refractivity contribution in [2.75, 3.05) is 6.61 Å². The number of benzene rings is 1. The average molecular weight is 285 g/mol. The topological polar surface area (TPSA) is 75.6 Å². The molecule has 0 spiro atoms. The maximum absolute atomic E-state index is 12.3. The molecule has 0 saturated carbocycles. The number of rotatable bonds is 4. The Kier molecular flexibility index (Phi) is 4.25. The van der Waals surface area contributed by atoms with E-state index >= 15 is 0 Å². The summed E-state index contributed by atoms with van der Waals surface area (Å²) in [5.74, 6) is 0. The number of nitrogens with one attached hydrogen (secondary N) is 1. The second-order valence-corrected chi connectivity index (χ2v) is 6.55. The van der Waals surface area contributed by atoms with Crippen LogP contribution >= 0.6 is 0 Å². The van der Waals surface area contributed by atoms with Gasteiger partial charge in [-0.2, -0.15) is 0 Å². The predicted molar refractivity (Wildman–Crippen MR) is 71.2 cm³/mol. The van der Waals surface area contributed by atoms with Crippen LogP contribution in [-0.2, 0) is 21.4 Å². The van der Waals surface area contributed by atoms with E-state index in [2.05, 4.69) is 4.72 Å². The van der Waals surface area contributed by atoms with Crippen molar-refractivity contribution < 1.29 is 18.3 Å². The van der Waals surface area contributed by atoms with Gasteiger partial charge >= 0.3 is 0 Å². The Hall–Kier alpha value is -0.950. The molecule has 1 aliphatic heterocycles. The summed E-state index contributed by atoms with van der Waals surface area (Å²) in [5, 5.41) is 9.20. The molecule has 6 heteroatoms. The van der Waals surface area contributed by atoms with Gasteiger partial charge in [-0.3, -0.25) is 0 Å². The first-order chi connectivity index (χ1) is 8.94. The van der Waals surface area contributed by atoms with Crippen molar-refractivity contribution in [3.05, 3.63) is 29.3 Å². The monoisotopic (exact) mass is 285 g/mol. The van der Waals surface area contributed by atoms with Crippen LogP contribution in [0.25, 0.3) is 0 Å². The molecule has 1 aromatic rings. The van der Waals surface area contributed by atoms with Gasteiger partial charge in [0.05, 0.1) is 23.6 Å². The molecule has 1 heterocycles. The van der Waals surface area contributed by atoms with Crippen LogP contribution in [0.4, 0.5) is 0 Å². The van der Waals surface area contributed by atoms with Crippen molar-refractivity contribution >= 4 is 10.0 Å². The SMILES string of the molecule is Cc1ccc(S(=O)(=O)NC2CCOC2C)cc1CO. The van der Waals surface area contributed by atoms with Crippen molar-refractivity contribution in [3.63, 3.8) is 0 Å². The Balaban J connectivity index is 2.24. The fraction of sp³-hybridized carbons (Fsp3) is 0.538. The molecule has 1 aromatic carbocycles. The van der Waals surface area contributed by atoms with E-state index in [-0.39, 0.29) is 23.6 Å². The Morgan fingerprint density at radius 2 is 2.21 bits per heavy atom. The van der Waals surface area contributed by atoms with E-state index in [1.165, 1.54) is 6.07 Å². The molecular formula is C13H19NO4S. The maximum Gasteiger partial charge on any atom is 0.240 e. The summed E-state index contributed by atoms with van der Waals surface area (Å²) >= 11 is 0. The summed E-state index contributed by atoms with van der Waals surface area (Å²) in [6, 6.07) is 4.58. The molecule has 1 saturated heterocycles. The number of aliphatic hydroxyl groups excluding tert-OH is 1. The number of hydrogen-bond donors (Lipinski definition) is 2. The molecule has 19 heavy (non-hydrogen) atoms. The molecule has 1 fully saturated rings. The van der Waals surface area contributed by atoms with Gasteiger partial charge in [0.2, 0.25) is 10.0 Å². The van der Waals surface area contributed by atoms with Gasteiger partial charge in [0.25, 0.3) is 0 Å². The van der Waals surface area contributed by atoms with Crippen LogP contribution in [0.15, 0.2) is 23.1 Å². The summed E-state index contributed by atoms with van der Waals surface area (Å²) in [6.07, 6.45) is 0.566. The lowest BCUT2D eigenvalue weighted by atomic mass is 10.1. The number of aryl methyl sites for hydroxylation is 1. The molecule has 106 valence electrons. The highest BCUT2D eigenvalue weighted by Crippen LogP contribution is 2.19. The zero-order valence-corrected chi connectivity index (χ0v) is 11.9. The standard InChI is InChI=1S/C13H19NO4S/c1-9-3-4-12(7-11(9)8-15)19(16,17)14-13-5-6-18-10(13)2/h3-4,7,10,13-15H,5-6,8H2,1-2H3. The third-order valence-corrected chi connectivity index (χ3v) is 4.97. The molecule has 0 amide bonds. The fourth-order valence-corrected chi connectivity index (χ4v) is 3.53. The van der Waals surface area contributed by atoms with Crippen molar-refractivity contribution in [1.82, 2.24) is 4.72 Å². The molecular weight excluding hydrogens is 266 g/mol. The molecule has 2 unspecified atom stereocenters. The van der Waals surface area contributed by atoms with Crippen molar-refractivity contribution in [2.45, 2.75) is 43.9 Å². The zero-order valence-electron chi connectivity index (χ0n) is 11.1. The first-order valence-electron chi connectivity index (χ1n) is 6.28. The minimum Gasteiger partial charge on any atom is -0.392 e. The number of aliphatic hydroxyl groups is 1. The third kappa shape index (κ3) is 3.14. The number of ether oxygens (including phenoxy) is 1. The highest BCUT2D eigenvalue weighted by atomic mass is 32.2. The molecule has 2 rings (SSSR count). The molecule has 0 radical (unpaired) electrons. The van der Waals surface area contributed by atoms with Crippen molar-refractivity contribution in [1.29, 1.82) is 0 Å². The van der Waals surface area contributed by atoms with Crippen molar-refractivity contribution in [3.8, 4) is 0 Å². The normalized spacial score (nSPS) is 23.7. The smallest absolute Gasteiger partial charge is 0.240 e. The van der Waals surface area contributed by atoms with Crippen LogP contribution in [0.1, 0.15) is 24.5 Å². The van der Waals surface area contributed by atoms with E-state index in [0.717, 1.165) is 5.56 Å². The molecule has 5 nitrogen and oxygen atoms in total. The van der Waals surface area contributed by atoms with E-state index in [1.807, 2.05) is 13.8 Å². The van der Waals surface area contributed by atoms with Gasteiger partial charge in [0, 0.05) is 6.61 Å². The molecule has 0 aromatic heterocycles. The lowest BCUT2D eigenvalue weighted by molar-refractivity contribution is 0.117. The molecule has 2 atom stereocenters. The molecule has 1 aliphatic rings. The highest BCUT2D eigenvalue weighted by molar-refractivity contribution is 7.89. The minimum absolute atomic E-state index is 0.113. The molecule has 0 bridgehead atoms. The summed E-state index contributed by atoms with van der Waals surface area (Å²) in [5.41, 5.74) is 1.50. The maximum atomic E-state index is 12.3. The lowest BCUT2D eigenvalue weighted by Crippen LogP contribution is -2.39. The summed E-state index contributed by atoms with van der Waals surface area (Å²) in [4.78, 5) is 0.182. The summed E-state index contributed by atoms with van der Waals surface area (Å²) in [7, 11) is -3.57. The van der Waals surface area contributed by atoms with Gasteiger partial charge in [-0.1, -0.05) is 6.07 Å². The van der Waals surface area contributed by atoms with Gasteiger partial charge in [0.1, 0.15) is 0 Å². The van der Waals surface area contributed by atoms with Crippen molar-refractivity contribution in [2.24, 2.45) is 0 Å². The van der Waals surface area contributed by atoms with Gasteiger partial charge in [0.15, 0.2) is 0 Å². The van der Waals surface area contributed by atoms with Crippen LogP contribution in [0.2, 0.25) is 0 Å². The second kappa shape index (κ2) is 5.58. The number of sulfonamides is 1. The Morgan fingerprint density at radius 3 is 2.79 bits per heavy atom. The predicted octanol–water partition coefficient (Wildman–Crippen LogP) is 0.943. The number of hydrogen-bond acceptors (Lipinski definition) is 4. The van der Waals surface area contributed by atoms with Crippen LogP contribution in [0.5, 0.6) is 0 Å². The van der Waals surface area contributed by atoms with Gasteiger partial charge in [-0.25, -0.2) is 13.1 Å². The van der Waals surface area contributed by atoms with Crippen LogP contribution in [0, 0.1) is 6.92 Å². The summed E-state index contributed by atoms with van der Waals surface area (Å²) in [6.45, 7) is 4.10. The largest absolute Gasteiger partial charge is 0.392 e. The van der Waals surface area contributed by atoms with Gasteiger partial charge < -0.3 is 9.84 Å². The second-order valence-electron chi connectivity index (χ2n) is 4.84. The lowest BCUT2D eigenvalue weighted by Gasteiger charge is -2.16. The van der Waals surface area contributed by atoms with E-state index in [4.69, 9.17) is 4.74 Å². The first kappa shape index (κ1) is 14.5. The molecule has 0 aliphatic carbocycles. The fourth-order valence-electron chi connectivity index (χ4n) is 2.14. The minimum atomic E-state index is -3.57. The van der Waals surface area contributed by atoms with Crippen LogP contribution in [-0.4, -0.2) is 32.3 Å². The van der Waals surface area contributed by atoms with Crippen LogP contribution in [0.3, 0.4) is 0 Å². The average Bonchev–Trinajstić information content (AvgIpc) is 2.74. The highest BCUT2D eigenvalue weighted by Gasteiger charge is 2.29. The summed E-state index contributed by atoms with van der Waals surface area (Å²) < 4.78 is 32.5.